The summed E-state index contributed by atoms with van der Waals surface area (Å²) in [6, 6.07) is 0.178. The summed E-state index contributed by atoms with van der Waals surface area (Å²) in [6.07, 6.45) is 5.16. The molecule has 0 fully saturated rings. The largest absolute Gasteiger partial charge is 0.333 e. The second-order valence-corrected chi connectivity index (χ2v) is 5.16. The molecule has 0 aliphatic carbocycles. The molecule has 0 unspecified atom stereocenters. The monoisotopic (exact) mass is 266 g/mol. The third-order valence-corrected chi connectivity index (χ3v) is 3.10. The van der Waals surface area contributed by atoms with Crippen LogP contribution in [0.4, 0.5) is 0 Å². The molecule has 0 aliphatic heterocycles. The zero-order valence-electron chi connectivity index (χ0n) is 12.6. The van der Waals surface area contributed by atoms with E-state index in [0.717, 1.165) is 44.5 Å². The molecule has 0 aromatic carbocycles. The summed E-state index contributed by atoms with van der Waals surface area (Å²) in [5, 5.41) is 6.88. The molecule has 1 rings (SSSR count). The van der Waals surface area contributed by atoms with E-state index in [1.54, 1.807) is 0 Å². The van der Waals surface area contributed by atoms with E-state index in [1.807, 2.05) is 18.7 Å². The minimum Gasteiger partial charge on any atom is -0.333 e. The molecule has 108 valence electrons. The number of aromatic amines is 1. The third kappa shape index (κ3) is 4.65. The van der Waals surface area contributed by atoms with Crippen LogP contribution < -0.4 is 0 Å². The van der Waals surface area contributed by atoms with Gasteiger partial charge in [-0.2, -0.15) is 0 Å². The van der Waals surface area contributed by atoms with Crippen LogP contribution in [0, 0.1) is 0 Å². The van der Waals surface area contributed by atoms with E-state index in [2.05, 4.69) is 29.0 Å². The molecule has 0 atom stereocenters. The number of aromatic nitrogens is 3. The quantitative estimate of drug-likeness (QED) is 0.736. The van der Waals surface area contributed by atoms with E-state index in [9.17, 15) is 4.79 Å². The highest BCUT2D eigenvalue weighted by Gasteiger charge is 2.22. The lowest BCUT2D eigenvalue weighted by Crippen LogP contribution is -2.38. The Hall–Kier alpha value is -1.39. The number of H-pyrrole nitrogens is 1. The number of nitrogens with zero attached hydrogens (tertiary/aromatic N) is 3. The van der Waals surface area contributed by atoms with Crippen molar-refractivity contribution in [2.24, 2.45) is 0 Å². The summed E-state index contributed by atoms with van der Waals surface area (Å²) in [5.41, 5.74) is 0. The SMILES string of the molecule is CCCCCN(C(=O)c1n[nH]c(CCC)n1)C(C)C. The molecular formula is C14H26N4O. The van der Waals surface area contributed by atoms with Gasteiger partial charge in [-0.15, -0.1) is 5.10 Å². The van der Waals surface area contributed by atoms with Gasteiger partial charge in [0.2, 0.25) is 5.82 Å². The molecule has 1 heterocycles. The molecule has 0 saturated heterocycles. The van der Waals surface area contributed by atoms with E-state index in [1.165, 1.54) is 0 Å². The molecule has 19 heavy (non-hydrogen) atoms. The summed E-state index contributed by atoms with van der Waals surface area (Å²) < 4.78 is 0. The van der Waals surface area contributed by atoms with Crippen LogP contribution >= 0.6 is 0 Å². The maximum Gasteiger partial charge on any atom is 0.293 e. The molecule has 1 amide bonds. The molecule has 1 aromatic heterocycles. The fraction of sp³-hybridized carbons (Fsp3) is 0.786. The Labute approximate surface area is 115 Å². The molecule has 0 aliphatic rings. The fourth-order valence-corrected chi connectivity index (χ4v) is 1.99. The van der Waals surface area contributed by atoms with Crippen molar-refractivity contribution in [3.63, 3.8) is 0 Å². The molecule has 0 bridgehead atoms. The lowest BCUT2D eigenvalue weighted by Gasteiger charge is -2.25. The van der Waals surface area contributed by atoms with Crippen molar-refractivity contribution in [1.29, 1.82) is 0 Å². The van der Waals surface area contributed by atoms with Crippen LogP contribution in [0.3, 0.4) is 0 Å². The van der Waals surface area contributed by atoms with Gasteiger partial charge in [0.15, 0.2) is 0 Å². The van der Waals surface area contributed by atoms with Gasteiger partial charge in [0.25, 0.3) is 5.91 Å². The molecule has 5 heteroatoms. The third-order valence-electron chi connectivity index (χ3n) is 3.10. The summed E-state index contributed by atoms with van der Waals surface area (Å²) in [4.78, 5) is 18.5. The number of unbranched alkanes of at least 4 members (excludes halogenated alkanes) is 2. The number of hydrogen-bond acceptors (Lipinski definition) is 3. The predicted octanol–water partition coefficient (Wildman–Crippen LogP) is 2.80. The Morgan fingerprint density at radius 2 is 2.00 bits per heavy atom. The van der Waals surface area contributed by atoms with Crippen LogP contribution in [0.15, 0.2) is 0 Å². The molecule has 1 aromatic rings. The van der Waals surface area contributed by atoms with Crippen molar-refractivity contribution in [2.75, 3.05) is 6.54 Å². The van der Waals surface area contributed by atoms with Gasteiger partial charge in [0, 0.05) is 19.0 Å². The summed E-state index contributed by atoms with van der Waals surface area (Å²) in [7, 11) is 0. The average Bonchev–Trinajstić information content (AvgIpc) is 2.82. The molecule has 0 spiro atoms. The van der Waals surface area contributed by atoms with E-state index >= 15 is 0 Å². The molecule has 0 saturated carbocycles. The van der Waals surface area contributed by atoms with Gasteiger partial charge >= 0.3 is 0 Å². The van der Waals surface area contributed by atoms with Crippen molar-refractivity contribution in [1.82, 2.24) is 20.1 Å². The predicted molar refractivity (Wildman–Crippen MR) is 76.1 cm³/mol. The zero-order chi connectivity index (χ0) is 14.3. The van der Waals surface area contributed by atoms with Gasteiger partial charge in [-0.3, -0.25) is 9.89 Å². The minimum absolute atomic E-state index is 0.0651. The van der Waals surface area contributed by atoms with Crippen molar-refractivity contribution >= 4 is 5.91 Å². The van der Waals surface area contributed by atoms with Crippen LogP contribution in [-0.2, 0) is 6.42 Å². The number of hydrogen-bond donors (Lipinski definition) is 1. The molecule has 1 N–H and O–H groups in total. The first-order chi connectivity index (χ1) is 9.10. The lowest BCUT2D eigenvalue weighted by molar-refractivity contribution is 0.0690. The lowest BCUT2D eigenvalue weighted by atomic mass is 10.2. The van der Waals surface area contributed by atoms with Crippen LogP contribution in [0.1, 0.15) is 69.8 Å². The van der Waals surface area contributed by atoms with E-state index in [0.29, 0.717) is 5.82 Å². The van der Waals surface area contributed by atoms with Crippen LogP contribution in [0.25, 0.3) is 0 Å². The van der Waals surface area contributed by atoms with Crippen molar-refractivity contribution in [3.8, 4) is 0 Å². The van der Waals surface area contributed by atoms with Crippen LogP contribution in [0.5, 0.6) is 0 Å². The Kier molecular flexibility index (Phi) is 6.53. The highest BCUT2D eigenvalue weighted by molar-refractivity contribution is 5.90. The van der Waals surface area contributed by atoms with Gasteiger partial charge in [-0.25, -0.2) is 4.98 Å². The van der Waals surface area contributed by atoms with Crippen molar-refractivity contribution in [2.45, 2.75) is 65.8 Å². The number of amides is 1. The maximum atomic E-state index is 12.4. The van der Waals surface area contributed by atoms with Gasteiger partial charge in [0.05, 0.1) is 0 Å². The highest BCUT2D eigenvalue weighted by Crippen LogP contribution is 2.08. The maximum absolute atomic E-state index is 12.4. The first kappa shape index (κ1) is 15.7. The van der Waals surface area contributed by atoms with Crippen molar-refractivity contribution in [3.05, 3.63) is 11.6 Å². The Balaban J connectivity index is 2.68. The average molecular weight is 266 g/mol. The van der Waals surface area contributed by atoms with E-state index < -0.39 is 0 Å². The minimum atomic E-state index is -0.0651. The highest BCUT2D eigenvalue weighted by atomic mass is 16.2. The summed E-state index contributed by atoms with van der Waals surface area (Å²) >= 11 is 0. The number of carbonyl (C=O) groups excluding carboxylic acids is 1. The zero-order valence-corrected chi connectivity index (χ0v) is 12.6. The van der Waals surface area contributed by atoms with Gasteiger partial charge < -0.3 is 4.90 Å². The number of nitrogens with one attached hydrogen (secondary N) is 1. The Morgan fingerprint density at radius 1 is 1.26 bits per heavy atom. The normalized spacial score (nSPS) is 11.0. The Morgan fingerprint density at radius 3 is 2.58 bits per heavy atom. The number of carbonyl (C=O) groups is 1. The van der Waals surface area contributed by atoms with Gasteiger partial charge in [0.1, 0.15) is 5.82 Å². The smallest absolute Gasteiger partial charge is 0.293 e. The number of aryl methyl sites for hydroxylation is 1. The fourth-order valence-electron chi connectivity index (χ4n) is 1.99. The molecule has 0 radical (unpaired) electrons. The van der Waals surface area contributed by atoms with Crippen LogP contribution in [-0.4, -0.2) is 38.6 Å². The number of rotatable bonds is 8. The summed E-state index contributed by atoms with van der Waals surface area (Å²) in [5.74, 6) is 1.03. The Bertz CT molecular complexity index is 387. The topological polar surface area (TPSA) is 61.9 Å². The van der Waals surface area contributed by atoms with Crippen molar-refractivity contribution < 1.29 is 4.79 Å². The molecular weight excluding hydrogens is 240 g/mol. The second kappa shape index (κ2) is 7.92. The van der Waals surface area contributed by atoms with Gasteiger partial charge in [-0.1, -0.05) is 26.7 Å². The van der Waals surface area contributed by atoms with Crippen LogP contribution in [0.2, 0.25) is 0 Å². The van der Waals surface area contributed by atoms with E-state index in [-0.39, 0.29) is 11.9 Å². The first-order valence-corrected chi connectivity index (χ1v) is 7.32. The molecule has 5 nitrogen and oxygen atoms in total. The van der Waals surface area contributed by atoms with Gasteiger partial charge in [-0.05, 0) is 26.7 Å². The first-order valence-electron chi connectivity index (χ1n) is 7.32. The van der Waals surface area contributed by atoms with E-state index in [4.69, 9.17) is 0 Å². The summed E-state index contributed by atoms with van der Waals surface area (Å²) in [6.45, 7) is 9.08. The second-order valence-electron chi connectivity index (χ2n) is 5.16. The standard InChI is InChI=1S/C14H26N4O/c1-5-7-8-10-18(11(3)4)14(19)13-15-12(9-6-2)16-17-13/h11H,5-10H2,1-4H3,(H,15,16,17).